The number of rotatable bonds is 4. The van der Waals surface area contributed by atoms with E-state index in [1.165, 1.54) is 0 Å². The fraction of sp³-hybridized carbons (Fsp3) is 0.455. The van der Waals surface area contributed by atoms with E-state index in [1.54, 1.807) is 14.2 Å². The lowest BCUT2D eigenvalue weighted by Crippen LogP contribution is -2.40. The van der Waals surface area contributed by atoms with Crippen molar-refractivity contribution < 1.29 is 19.3 Å². The topological polar surface area (TPSA) is 47.9 Å². The normalized spacial score (nSPS) is 19.4. The zero-order valence-electron chi connectivity index (χ0n) is 17.2. The standard InChI is InChI=1S/C22H29O4P/c1-21(2,3)27-19-14(18-15(24-6)11-9-12-16(18)25-7)10-8-13-17(19)26-20(27)22(4,5)23/h8-13,20,23H,1-7H3/t20-,27+/m0/s1. The molecule has 1 aliphatic rings. The van der Waals surface area contributed by atoms with Crippen LogP contribution in [-0.4, -0.2) is 35.9 Å². The molecule has 27 heavy (non-hydrogen) atoms. The minimum Gasteiger partial charge on any atom is -0.496 e. The summed E-state index contributed by atoms with van der Waals surface area (Å²) in [6.45, 7) is 10.3. The Labute approximate surface area is 163 Å². The van der Waals surface area contributed by atoms with E-state index in [9.17, 15) is 5.11 Å². The third kappa shape index (κ3) is 3.53. The highest BCUT2D eigenvalue weighted by molar-refractivity contribution is 7.68. The Morgan fingerprint density at radius 2 is 1.48 bits per heavy atom. The number of hydrogen-bond acceptors (Lipinski definition) is 4. The maximum atomic E-state index is 10.8. The Kier molecular flexibility index (Phi) is 5.18. The monoisotopic (exact) mass is 388 g/mol. The van der Waals surface area contributed by atoms with E-state index in [1.807, 2.05) is 44.2 Å². The highest BCUT2D eigenvalue weighted by Crippen LogP contribution is 2.63. The van der Waals surface area contributed by atoms with Crippen LogP contribution in [0.2, 0.25) is 0 Å². The molecule has 0 spiro atoms. The van der Waals surface area contributed by atoms with Gasteiger partial charge in [0.2, 0.25) is 0 Å². The number of methoxy groups -OCH3 is 2. The van der Waals surface area contributed by atoms with Crippen molar-refractivity contribution in [2.45, 2.75) is 51.2 Å². The SMILES string of the molecule is COc1cccc(OC)c1-c1cccc2c1[P@@](C(C)(C)C)[C@@H](C(C)(C)O)O2. The van der Waals surface area contributed by atoms with E-state index in [-0.39, 0.29) is 11.0 Å². The van der Waals surface area contributed by atoms with E-state index >= 15 is 0 Å². The minimum absolute atomic E-state index is 0.0450. The van der Waals surface area contributed by atoms with Crippen molar-refractivity contribution >= 4 is 13.2 Å². The van der Waals surface area contributed by atoms with Gasteiger partial charge in [-0.15, -0.1) is 0 Å². The summed E-state index contributed by atoms with van der Waals surface area (Å²) in [7, 11) is 2.53. The lowest BCUT2D eigenvalue weighted by molar-refractivity contribution is 0.0103. The average Bonchev–Trinajstić information content (AvgIpc) is 3.01. The van der Waals surface area contributed by atoms with Gasteiger partial charge in [-0.3, -0.25) is 0 Å². The van der Waals surface area contributed by atoms with Crippen LogP contribution in [0.4, 0.5) is 0 Å². The largest absolute Gasteiger partial charge is 0.496 e. The first-order valence-corrected chi connectivity index (χ1v) is 10.5. The quantitative estimate of drug-likeness (QED) is 0.767. The van der Waals surface area contributed by atoms with Crippen LogP contribution < -0.4 is 19.5 Å². The van der Waals surface area contributed by atoms with Gasteiger partial charge in [-0.2, -0.15) is 0 Å². The molecule has 2 atom stereocenters. The molecule has 2 aromatic rings. The molecule has 0 unspecified atom stereocenters. The summed E-state index contributed by atoms with van der Waals surface area (Å²) < 4.78 is 17.6. The Morgan fingerprint density at radius 1 is 0.926 bits per heavy atom. The molecule has 1 aliphatic heterocycles. The molecule has 0 amide bonds. The third-order valence-corrected chi connectivity index (χ3v) is 8.33. The summed E-state index contributed by atoms with van der Waals surface area (Å²) >= 11 is 0. The van der Waals surface area contributed by atoms with Crippen molar-refractivity contribution in [3.05, 3.63) is 36.4 Å². The van der Waals surface area contributed by atoms with Crippen LogP contribution in [0.25, 0.3) is 11.1 Å². The Bertz CT molecular complexity index is 811. The molecular formula is C22H29O4P. The highest BCUT2D eigenvalue weighted by atomic mass is 31.1. The molecule has 3 rings (SSSR count). The van der Waals surface area contributed by atoms with Crippen LogP contribution >= 0.6 is 7.92 Å². The summed E-state index contributed by atoms with van der Waals surface area (Å²) in [5.41, 5.74) is 1.03. The molecule has 1 heterocycles. The Balaban J connectivity index is 2.30. The number of fused-ring (bicyclic) bond motifs is 1. The van der Waals surface area contributed by atoms with E-state index in [0.29, 0.717) is 0 Å². The van der Waals surface area contributed by atoms with Gasteiger partial charge >= 0.3 is 0 Å². The van der Waals surface area contributed by atoms with Gasteiger partial charge in [-0.1, -0.05) is 39.0 Å². The molecule has 5 heteroatoms. The van der Waals surface area contributed by atoms with Crippen LogP contribution in [0.1, 0.15) is 34.6 Å². The summed E-state index contributed by atoms with van der Waals surface area (Å²) in [4.78, 5) is 0. The van der Waals surface area contributed by atoms with Crippen LogP contribution in [0.15, 0.2) is 36.4 Å². The van der Waals surface area contributed by atoms with Crippen molar-refractivity contribution in [1.29, 1.82) is 0 Å². The lowest BCUT2D eigenvalue weighted by Gasteiger charge is -2.37. The summed E-state index contributed by atoms with van der Waals surface area (Å²) in [6.07, 6.45) is 0. The van der Waals surface area contributed by atoms with Crippen LogP contribution in [0, 0.1) is 0 Å². The second-order valence-electron chi connectivity index (χ2n) is 8.35. The number of benzene rings is 2. The molecule has 0 aromatic heterocycles. The molecule has 0 radical (unpaired) electrons. The molecule has 4 nitrogen and oxygen atoms in total. The van der Waals surface area contributed by atoms with Gasteiger partial charge in [0, 0.05) is 10.9 Å². The predicted octanol–water partition coefficient (Wildman–Crippen LogP) is 4.77. The van der Waals surface area contributed by atoms with Gasteiger partial charge in [-0.05, 0) is 45.1 Å². The molecule has 1 N–H and O–H groups in total. The highest BCUT2D eigenvalue weighted by Gasteiger charge is 2.49. The van der Waals surface area contributed by atoms with E-state index in [0.717, 1.165) is 33.7 Å². The Hall–Kier alpha value is -1.77. The molecular weight excluding hydrogens is 359 g/mol. The maximum Gasteiger partial charge on any atom is 0.150 e. The fourth-order valence-electron chi connectivity index (χ4n) is 3.62. The molecule has 0 saturated carbocycles. The van der Waals surface area contributed by atoms with Gasteiger partial charge in [0.25, 0.3) is 0 Å². The third-order valence-electron chi connectivity index (χ3n) is 4.74. The van der Waals surface area contributed by atoms with Gasteiger partial charge in [-0.25, -0.2) is 0 Å². The zero-order chi connectivity index (χ0) is 20.0. The molecule has 0 aliphatic carbocycles. The van der Waals surface area contributed by atoms with Crippen LogP contribution in [0.3, 0.4) is 0 Å². The first kappa shape index (κ1) is 20.0. The van der Waals surface area contributed by atoms with E-state index in [4.69, 9.17) is 14.2 Å². The smallest absolute Gasteiger partial charge is 0.150 e. The fourth-order valence-corrected chi connectivity index (χ4v) is 6.89. The zero-order valence-corrected chi connectivity index (χ0v) is 18.1. The predicted molar refractivity (Wildman–Crippen MR) is 112 cm³/mol. The van der Waals surface area contributed by atoms with Crippen LogP contribution in [0.5, 0.6) is 17.2 Å². The first-order valence-electron chi connectivity index (χ1n) is 9.12. The number of hydrogen-bond donors (Lipinski definition) is 1. The summed E-state index contributed by atoms with van der Waals surface area (Å²) in [5, 5.41) is 11.9. The van der Waals surface area contributed by atoms with E-state index < -0.39 is 13.5 Å². The molecule has 0 bridgehead atoms. The van der Waals surface area contributed by atoms with Crippen molar-refractivity contribution in [3.63, 3.8) is 0 Å². The summed E-state index contributed by atoms with van der Waals surface area (Å²) in [6, 6.07) is 11.9. The lowest BCUT2D eigenvalue weighted by atomic mass is 10.0. The average molecular weight is 388 g/mol. The van der Waals surface area contributed by atoms with Crippen molar-refractivity contribution in [2.24, 2.45) is 0 Å². The maximum absolute atomic E-state index is 10.8. The first-order chi connectivity index (χ1) is 12.6. The Morgan fingerprint density at radius 3 is 1.96 bits per heavy atom. The van der Waals surface area contributed by atoms with E-state index in [2.05, 4.69) is 26.8 Å². The van der Waals surface area contributed by atoms with Crippen molar-refractivity contribution in [1.82, 2.24) is 0 Å². The van der Waals surface area contributed by atoms with Crippen molar-refractivity contribution in [3.8, 4) is 28.4 Å². The van der Waals surface area contributed by atoms with Crippen molar-refractivity contribution in [2.75, 3.05) is 14.2 Å². The van der Waals surface area contributed by atoms with Gasteiger partial charge in [0.05, 0.1) is 19.8 Å². The number of aliphatic hydroxyl groups is 1. The minimum atomic E-state index is -0.944. The van der Waals surface area contributed by atoms with Gasteiger partial charge < -0.3 is 19.3 Å². The van der Waals surface area contributed by atoms with Gasteiger partial charge in [0.15, 0.2) is 0 Å². The molecule has 146 valence electrons. The second-order valence-corrected chi connectivity index (χ2v) is 11.4. The number of ether oxygens (including phenoxy) is 3. The summed E-state index contributed by atoms with van der Waals surface area (Å²) in [5.74, 6) is 2.09. The molecule has 0 saturated heterocycles. The van der Waals surface area contributed by atoms with Crippen LogP contribution in [-0.2, 0) is 0 Å². The second kappa shape index (κ2) is 7.00. The molecule has 2 aromatic carbocycles. The molecule has 0 fully saturated rings. The van der Waals surface area contributed by atoms with Gasteiger partial charge in [0.1, 0.15) is 28.7 Å².